The van der Waals surface area contributed by atoms with Crippen LogP contribution < -0.4 is 18.9 Å². The molecule has 2 unspecified atom stereocenters. The monoisotopic (exact) mass is 1710 g/mol. The van der Waals surface area contributed by atoms with E-state index in [-0.39, 0.29) is 154 Å². The molecule has 0 spiro atoms. The standard InChI is InChI=1S/C84H68Cl4F6N2O22/c1-7-107-33-35-113-81(105)59(41-83(89,90)91)95-73(97)55-37-61(115-51-17-9-47(10-18-51)25-29-109-77(101)43(3)85)67-69-63(117-53-21-13-49(14-22-53)27-31-111-79(103)45(5)87)39-57-66-58(76(100)96(75(57)99)60(42-84(92,93)94)82(106)114-36-34-108-8-2)40-64(118-54-23-15-50(16-24-54)28-32-112-80(104)46(6)88)70(72(66)69)68-62(38-56(74(95)98)65(55)71(67)68)116-52-19-11-48(12-20-52)26-30-110-78(102)44(4)86/h9-24,37-40,59-60H,3-8,25-36,41-42H2,1-2H3. The van der Waals surface area contributed by atoms with Crippen LogP contribution in [0.2, 0.25) is 0 Å². The summed E-state index contributed by atoms with van der Waals surface area (Å²) in [4.78, 5) is 142. The maximum absolute atomic E-state index is 16.0. The second-order valence-electron chi connectivity index (χ2n) is 26.2. The third-order valence-corrected chi connectivity index (χ3v) is 18.9. The van der Waals surface area contributed by atoms with Crippen LogP contribution in [0.25, 0.3) is 43.1 Å². The molecule has 4 amide bonds. The van der Waals surface area contributed by atoms with Gasteiger partial charge in [-0.05, 0) is 109 Å². The molecule has 118 heavy (non-hydrogen) atoms. The molecule has 9 aromatic carbocycles. The minimum absolute atomic E-state index is 0.0758. The molecule has 24 nitrogen and oxygen atoms in total. The highest BCUT2D eigenvalue weighted by Crippen LogP contribution is 2.58. The van der Waals surface area contributed by atoms with Crippen LogP contribution in [-0.2, 0) is 92.3 Å². The van der Waals surface area contributed by atoms with Crippen molar-refractivity contribution in [3.63, 3.8) is 0 Å². The molecule has 2 atom stereocenters. The van der Waals surface area contributed by atoms with E-state index < -0.39 is 175 Å². The molecule has 0 bridgehead atoms. The number of esters is 6. The quantitative estimate of drug-likeness (QED) is 0.00508. The number of carbonyl (C=O) groups excluding carboxylic acids is 10. The van der Waals surface area contributed by atoms with Crippen molar-refractivity contribution in [1.82, 2.24) is 9.80 Å². The van der Waals surface area contributed by atoms with Crippen LogP contribution in [0.15, 0.2) is 168 Å². The van der Waals surface area contributed by atoms with E-state index >= 15 is 45.5 Å². The normalized spacial score (nSPS) is 13.2. The molecule has 2 aliphatic rings. The first-order valence-corrected chi connectivity index (χ1v) is 37.5. The molecule has 0 saturated carbocycles. The van der Waals surface area contributed by atoms with Crippen molar-refractivity contribution >= 4 is 149 Å². The molecular formula is C84H68Cl4F6N2O22. The van der Waals surface area contributed by atoms with E-state index in [1.807, 2.05) is 0 Å². The van der Waals surface area contributed by atoms with E-state index in [1.165, 1.54) is 97.1 Å². The number of carbonyl (C=O) groups is 10. The molecule has 0 radical (unpaired) electrons. The Hall–Kier alpha value is -11.8. The highest BCUT2D eigenvalue weighted by Gasteiger charge is 2.51. The first-order chi connectivity index (χ1) is 56.1. The fourth-order valence-corrected chi connectivity index (χ4v) is 13.3. The molecule has 11 rings (SSSR count). The molecular weight excluding hydrogens is 1640 g/mol. The average molecular weight is 1710 g/mol. The van der Waals surface area contributed by atoms with Gasteiger partial charge in [-0.2, -0.15) is 26.3 Å². The third-order valence-electron chi connectivity index (χ3n) is 18.3. The molecule has 616 valence electrons. The van der Waals surface area contributed by atoms with Crippen LogP contribution in [-0.4, -0.2) is 160 Å². The van der Waals surface area contributed by atoms with Gasteiger partial charge >= 0.3 is 48.2 Å². The van der Waals surface area contributed by atoms with Gasteiger partial charge in [0.15, 0.2) is 0 Å². The summed E-state index contributed by atoms with van der Waals surface area (Å²) >= 11 is 23.1. The highest BCUT2D eigenvalue weighted by molar-refractivity contribution is 6.46. The zero-order chi connectivity index (χ0) is 85.2. The summed E-state index contributed by atoms with van der Waals surface area (Å²) in [6.45, 7) is 14.1. The number of amides is 4. The van der Waals surface area contributed by atoms with Crippen molar-refractivity contribution < 1.29 is 131 Å². The van der Waals surface area contributed by atoms with Crippen LogP contribution in [0.3, 0.4) is 0 Å². The summed E-state index contributed by atoms with van der Waals surface area (Å²) in [5.41, 5.74) is -0.410. The zero-order valence-electron chi connectivity index (χ0n) is 62.5. The lowest BCUT2D eigenvalue weighted by Crippen LogP contribution is -2.52. The Morgan fingerprint density at radius 1 is 0.339 bits per heavy atom. The lowest BCUT2D eigenvalue weighted by molar-refractivity contribution is -0.167. The van der Waals surface area contributed by atoms with Gasteiger partial charge in [0.1, 0.15) is 91.4 Å². The van der Waals surface area contributed by atoms with Gasteiger partial charge in [0.05, 0.1) is 74.7 Å². The van der Waals surface area contributed by atoms with Crippen molar-refractivity contribution in [3.8, 4) is 46.0 Å². The number of halogens is 10. The number of imide groups is 2. The molecule has 34 heteroatoms. The van der Waals surface area contributed by atoms with Crippen LogP contribution in [0.4, 0.5) is 26.3 Å². The fourth-order valence-electron chi connectivity index (χ4n) is 13.1. The van der Waals surface area contributed by atoms with Gasteiger partial charge in [-0.25, -0.2) is 28.8 Å². The second-order valence-corrected chi connectivity index (χ2v) is 28.0. The number of nitrogens with zero attached hydrogens (tertiary/aromatic N) is 2. The van der Waals surface area contributed by atoms with Crippen molar-refractivity contribution in [2.75, 3.05) is 66.1 Å². The largest absolute Gasteiger partial charge is 0.462 e. The second kappa shape index (κ2) is 37.6. The maximum Gasteiger partial charge on any atom is 0.391 e. The Morgan fingerprint density at radius 3 is 0.771 bits per heavy atom. The molecule has 2 heterocycles. The Balaban J connectivity index is 1.29. The van der Waals surface area contributed by atoms with Gasteiger partial charge in [0.25, 0.3) is 23.6 Å². The summed E-state index contributed by atoms with van der Waals surface area (Å²) < 4.78 is 161. The lowest BCUT2D eigenvalue weighted by Gasteiger charge is -2.35. The van der Waals surface area contributed by atoms with E-state index in [4.69, 9.17) is 103 Å². The van der Waals surface area contributed by atoms with E-state index in [9.17, 15) is 28.8 Å². The van der Waals surface area contributed by atoms with Crippen LogP contribution >= 0.6 is 46.4 Å². The van der Waals surface area contributed by atoms with Gasteiger partial charge in [-0.3, -0.25) is 29.0 Å². The summed E-state index contributed by atoms with van der Waals surface area (Å²) in [6.07, 6.45) is -14.6. The highest BCUT2D eigenvalue weighted by atomic mass is 35.5. The Bertz CT molecular complexity index is 4890. The average Bonchev–Trinajstić information content (AvgIpc) is 0.677. The summed E-state index contributed by atoms with van der Waals surface area (Å²) in [7, 11) is 0. The number of hydrogen-bond acceptors (Lipinski definition) is 22. The number of fused-ring (bicyclic) bond motifs is 2. The number of ether oxygens (including phenoxy) is 12. The van der Waals surface area contributed by atoms with Gasteiger partial charge in [-0.1, -0.05) is 121 Å². The lowest BCUT2D eigenvalue weighted by atomic mass is 9.80. The number of rotatable bonds is 38. The summed E-state index contributed by atoms with van der Waals surface area (Å²) in [5, 5.41) is -3.84. The van der Waals surface area contributed by atoms with Crippen molar-refractivity contribution in [2.45, 2.75) is 76.8 Å². The molecule has 9 aromatic rings. The predicted molar refractivity (Wildman–Crippen MR) is 417 cm³/mol. The number of hydrogen-bond donors (Lipinski definition) is 0. The van der Waals surface area contributed by atoms with E-state index in [1.54, 1.807) is 13.8 Å². The molecule has 2 aliphatic heterocycles. The van der Waals surface area contributed by atoms with Crippen LogP contribution in [0, 0.1) is 0 Å². The number of benzene rings is 9. The van der Waals surface area contributed by atoms with Gasteiger partial charge in [0.2, 0.25) is 0 Å². The Kier molecular flexibility index (Phi) is 27.8. The summed E-state index contributed by atoms with van der Waals surface area (Å²) in [6, 6.07) is 22.4. The van der Waals surface area contributed by atoms with Crippen LogP contribution in [0.1, 0.15) is 90.4 Å². The van der Waals surface area contributed by atoms with E-state index in [2.05, 4.69) is 26.3 Å². The molecule has 0 fully saturated rings. The molecule has 0 aliphatic carbocycles. The van der Waals surface area contributed by atoms with E-state index in [0.29, 0.717) is 22.3 Å². The summed E-state index contributed by atoms with van der Waals surface area (Å²) in [5.74, 6) is -15.3. The SMILES string of the molecule is C=C(Cl)C(=O)OCCc1ccc(Oc2cc3c4c(cc(Oc5ccc(CCOC(=O)C(=C)Cl)cc5)c5c6c(Oc7ccc(CCOC(=O)C(=C)Cl)cc7)cc7c8c(cc(Oc9ccc(CCOC(=O)C(=C)Cl)cc9)c(c2c45)c86)C(=O)N(C(CC(F)(F)F)C(=O)OCCOCC)C7=O)C(=O)N(C(CC(F)(F)F)C(=O)OCCOCC)C3=O)cc1. The van der Waals surface area contributed by atoms with Gasteiger partial charge < -0.3 is 56.8 Å². The predicted octanol–water partition coefficient (Wildman–Crippen LogP) is 17.3. The molecule has 0 N–H and O–H groups in total. The Morgan fingerprint density at radius 2 is 0.568 bits per heavy atom. The topological polar surface area (TPSA) is 288 Å². The fraction of sp³-hybridized carbons (Fsp3) is 0.262. The van der Waals surface area contributed by atoms with Crippen molar-refractivity contribution in [3.05, 3.63) is 212 Å². The zero-order valence-corrected chi connectivity index (χ0v) is 65.5. The third kappa shape index (κ3) is 20.2. The minimum atomic E-state index is -5.30. The van der Waals surface area contributed by atoms with Crippen LogP contribution in [0.5, 0.6) is 46.0 Å². The van der Waals surface area contributed by atoms with Crippen molar-refractivity contribution in [1.29, 1.82) is 0 Å². The minimum Gasteiger partial charge on any atom is -0.462 e. The maximum atomic E-state index is 16.0. The van der Waals surface area contributed by atoms with E-state index in [0.717, 1.165) is 24.3 Å². The van der Waals surface area contributed by atoms with Gasteiger partial charge in [-0.15, -0.1) is 0 Å². The smallest absolute Gasteiger partial charge is 0.391 e. The van der Waals surface area contributed by atoms with Gasteiger partial charge in [0, 0.05) is 82.0 Å². The number of alkyl halides is 6. The van der Waals surface area contributed by atoms with Crippen molar-refractivity contribution in [2.24, 2.45) is 0 Å². The first kappa shape index (κ1) is 87.0. The molecule has 0 aromatic heterocycles. The Labute approximate surface area is 687 Å². The molecule has 0 saturated heterocycles. The first-order valence-electron chi connectivity index (χ1n) is 36.0.